The quantitative estimate of drug-likeness (QED) is 0.688. The number of amides is 1. The Kier molecular flexibility index (Phi) is 7.37. The van der Waals surface area contributed by atoms with E-state index in [1.54, 1.807) is 23.6 Å². The Morgan fingerprint density at radius 2 is 1.92 bits per heavy atom. The van der Waals surface area contributed by atoms with Crippen molar-refractivity contribution in [3.05, 3.63) is 39.8 Å². The highest BCUT2D eigenvalue weighted by molar-refractivity contribution is 5.97. The highest BCUT2D eigenvalue weighted by Crippen LogP contribution is 2.14. The van der Waals surface area contributed by atoms with Gasteiger partial charge in [0.05, 0.1) is 11.0 Å². The molecule has 142 valence electrons. The van der Waals surface area contributed by atoms with E-state index in [1.165, 1.54) is 19.3 Å². The Morgan fingerprint density at radius 1 is 1.19 bits per heavy atom. The van der Waals surface area contributed by atoms with Gasteiger partial charge in [0.15, 0.2) is 0 Å². The first kappa shape index (κ1) is 20.1. The van der Waals surface area contributed by atoms with Gasteiger partial charge in [0.2, 0.25) is 0 Å². The van der Waals surface area contributed by atoms with Gasteiger partial charge >= 0.3 is 0 Å². The molecule has 2 rings (SSSR count). The Labute approximate surface area is 155 Å². The molecule has 0 radical (unpaired) electrons. The molecular formula is C21H31N3O2. The summed E-state index contributed by atoms with van der Waals surface area (Å²) in [6, 6.07) is 5.35. The number of benzene rings is 1. The first-order valence-corrected chi connectivity index (χ1v) is 9.73. The fourth-order valence-corrected chi connectivity index (χ4v) is 3.16. The number of aromatic nitrogens is 2. The lowest BCUT2D eigenvalue weighted by Gasteiger charge is -2.10. The van der Waals surface area contributed by atoms with Gasteiger partial charge in [0.25, 0.3) is 11.5 Å². The van der Waals surface area contributed by atoms with Crippen LogP contribution in [0.25, 0.3) is 11.0 Å². The largest absolute Gasteiger partial charge is 0.352 e. The van der Waals surface area contributed by atoms with Gasteiger partial charge in [-0.1, -0.05) is 39.5 Å². The molecule has 1 heterocycles. The third-order valence-electron chi connectivity index (χ3n) is 4.68. The molecule has 26 heavy (non-hydrogen) atoms. The maximum Gasteiger partial charge on any atom is 0.272 e. The SMILES string of the molecule is CCn1c(=O)c(C)nc2cc(C(=O)NCCCCCCC(C)C)ccc21. The van der Waals surface area contributed by atoms with E-state index in [4.69, 9.17) is 0 Å². The zero-order valence-corrected chi connectivity index (χ0v) is 16.5. The lowest BCUT2D eigenvalue weighted by Crippen LogP contribution is -2.25. The second-order valence-electron chi connectivity index (χ2n) is 7.30. The van der Waals surface area contributed by atoms with Gasteiger partial charge in [0, 0.05) is 18.7 Å². The van der Waals surface area contributed by atoms with Crippen molar-refractivity contribution in [3.63, 3.8) is 0 Å². The van der Waals surface area contributed by atoms with Crippen LogP contribution in [0.5, 0.6) is 0 Å². The lowest BCUT2D eigenvalue weighted by atomic mass is 10.0. The number of unbranched alkanes of at least 4 members (excludes halogenated alkanes) is 3. The van der Waals surface area contributed by atoms with Crippen molar-refractivity contribution >= 4 is 16.9 Å². The fraction of sp³-hybridized carbons (Fsp3) is 0.571. The molecule has 0 spiro atoms. The standard InChI is InChI=1S/C21H31N3O2/c1-5-24-19-12-11-17(14-18(19)23-16(4)21(24)26)20(25)22-13-9-7-6-8-10-15(2)3/h11-12,14-15H,5-10,13H2,1-4H3,(H,22,25). The number of hydrogen-bond donors (Lipinski definition) is 1. The first-order chi connectivity index (χ1) is 12.4. The van der Waals surface area contributed by atoms with Crippen molar-refractivity contribution in [2.75, 3.05) is 6.54 Å². The van der Waals surface area contributed by atoms with Crippen LogP contribution in [0.4, 0.5) is 0 Å². The van der Waals surface area contributed by atoms with Crippen molar-refractivity contribution in [2.24, 2.45) is 5.92 Å². The van der Waals surface area contributed by atoms with E-state index in [0.717, 1.165) is 24.3 Å². The zero-order chi connectivity index (χ0) is 19.1. The number of carbonyl (C=O) groups excluding carboxylic acids is 1. The molecule has 0 aliphatic heterocycles. The second-order valence-corrected chi connectivity index (χ2v) is 7.30. The van der Waals surface area contributed by atoms with Crippen LogP contribution in [0.1, 0.15) is 68.9 Å². The highest BCUT2D eigenvalue weighted by atomic mass is 16.1. The maximum absolute atomic E-state index is 12.4. The highest BCUT2D eigenvalue weighted by Gasteiger charge is 2.11. The third kappa shape index (κ3) is 5.16. The summed E-state index contributed by atoms with van der Waals surface area (Å²) in [4.78, 5) is 28.9. The van der Waals surface area contributed by atoms with Gasteiger partial charge in [-0.3, -0.25) is 9.59 Å². The minimum absolute atomic E-state index is 0.0744. The number of aryl methyl sites for hydroxylation is 2. The van der Waals surface area contributed by atoms with Crippen molar-refractivity contribution in [1.29, 1.82) is 0 Å². The Hall–Kier alpha value is -2.17. The van der Waals surface area contributed by atoms with Crippen LogP contribution in [-0.4, -0.2) is 22.0 Å². The molecule has 0 atom stereocenters. The third-order valence-corrected chi connectivity index (χ3v) is 4.68. The summed E-state index contributed by atoms with van der Waals surface area (Å²) in [6.07, 6.45) is 5.92. The van der Waals surface area contributed by atoms with Crippen LogP contribution >= 0.6 is 0 Å². The number of nitrogens with one attached hydrogen (secondary N) is 1. The number of rotatable bonds is 9. The summed E-state index contributed by atoms with van der Waals surface area (Å²) in [5.41, 5.74) is 2.42. The van der Waals surface area contributed by atoms with E-state index in [1.807, 2.05) is 13.0 Å². The van der Waals surface area contributed by atoms with Crippen molar-refractivity contribution in [2.45, 2.75) is 66.3 Å². The van der Waals surface area contributed by atoms with Gasteiger partial charge in [-0.25, -0.2) is 4.98 Å². The van der Waals surface area contributed by atoms with Crippen LogP contribution in [0, 0.1) is 12.8 Å². The van der Waals surface area contributed by atoms with Gasteiger partial charge in [-0.15, -0.1) is 0 Å². The molecule has 1 amide bonds. The molecule has 0 unspecified atom stereocenters. The summed E-state index contributed by atoms with van der Waals surface area (Å²) in [7, 11) is 0. The average molecular weight is 357 g/mol. The van der Waals surface area contributed by atoms with E-state index >= 15 is 0 Å². The van der Waals surface area contributed by atoms with Crippen LogP contribution < -0.4 is 10.9 Å². The number of nitrogens with zero attached hydrogens (tertiary/aromatic N) is 2. The summed E-state index contributed by atoms with van der Waals surface area (Å²) in [6.45, 7) is 9.42. The van der Waals surface area contributed by atoms with Crippen molar-refractivity contribution in [1.82, 2.24) is 14.9 Å². The van der Waals surface area contributed by atoms with Crippen molar-refractivity contribution in [3.8, 4) is 0 Å². The molecule has 0 aliphatic rings. The molecule has 0 saturated heterocycles. The summed E-state index contributed by atoms with van der Waals surface area (Å²) >= 11 is 0. The summed E-state index contributed by atoms with van der Waals surface area (Å²) in [5.74, 6) is 0.687. The molecule has 2 aromatic rings. The fourth-order valence-electron chi connectivity index (χ4n) is 3.16. The minimum atomic E-state index is -0.0808. The molecule has 5 nitrogen and oxygen atoms in total. The van der Waals surface area contributed by atoms with Gasteiger partial charge < -0.3 is 9.88 Å². The molecule has 1 aromatic heterocycles. The molecule has 1 N–H and O–H groups in total. The molecule has 0 bridgehead atoms. The van der Waals surface area contributed by atoms with Gasteiger partial charge in [-0.05, 0) is 44.4 Å². The van der Waals surface area contributed by atoms with E-state index in [0.29, 0.717) is 29.9 Å². The predicted molar refractivity (Wildman–Crippen MR) is 107 cm³/mol. The van der Waals surface area contributed by atoms with E-state index in [9.17, 15) is 9.59 Å². The lowest BCUT2D eigenvalue weighted by molar-refractivity contribution is 0.0953. The molecule has 0 fully saturated rings. The Balaban J connectivity index is 1.94. The van der Waals surface area contributed by atoms with Crippen LogP contribution in [-0.2, 0) is 6.54 Å². The van der Waals surface area contributed by atoms with Crippen molar-refractivity contribution < 1.29 is 4.79 Å². The smallest absolute Gasteiger partial charge is 0.272 e. The normalized spacial score (nSPS) is 11.3. The maximum atomic E-state index is 12.4. The van der Waals surface area contributed by atoms with Gasteiger partial charge in [0.1, 0.15) is 5.69 Å². The molecule has 5 heteroatoms. The van der Waals surface area contributed by atoms with E-state index in [-0.39, 0.29) is 11.5 Å². The topological polar surface area (TPSA) is 64.0 Å². The average Bonchev–Trinajstić information content (AvgIpc) is 2.61. The van der Waals surface area contributed by atoms with E-state index < -0.39 is 0 Å². The molecular weight excluding hydrogens is 326 g/mol. The predicted octanol–water partition coefficient (Wildman–Crippen LogP) is 4.06. The summed E-state index contributed by atoms with van der Waals surface area (Å²) < 4.78 is 1.69. The number of carbonyl (C=O) groups is 1. The monoisotopic (exact) mass is 357 g/mol. The second kappa shape index (κ2) is 9.51. The zero-order valence-electron chi connectivity index (χ0n) is 16.5. The van der Waals surface area contributed by atoms with Crippen LogP contribution in [0.3, 0.4) is 0 Å². The first-order valence-electron chi connectivity index (χ1n) is 9.73. The Bertz CT molecular complexity index is 809. The van der Waals surface area contributed by atoms with E-state index in [2.05, 4.69) is 24.1 Å². The molecule has 0 saturated carbocycles. The number of fused-ring (bicyclic) bond motifs is 1. The number of hydrogen-bond acceptors (Lipinski definition) is 3. The molecule has 0 aliphatic carbocycles. The minimum Gasteiger partial charge on any atom is -0.352 e. The molecule has 1 aromatic carbocycles. The van der Waals surface area contributed by atoms with Crippen LogP contribution in [0.15, 0.2) is 23.0 Å². The summed E-state index contributed by atoms with van der Waals surface area (Å²) in [5, 5.41) is 2.98. The Morgan fingerprint density at radius 3 is 2.62 bits per heavy atom. The van der Waals surface area contributed by atoms with Gasteiger partial charge in [-0.2, -0.15) is 0 Å². The van der Waals surface area contributed by atoms with Crippen LogP contribution in [0.2, 0.25) is 0 Å².